The van der Waals surface area contributed by atoms with Crippen molar-refractivity contribution in [1.82, 2.24) is 4.90 Å². The summed E-state index contributed by atoms with van der Waals surface area (Å²) in [7, 11) is 1.11. The molecule has 6 rings (SSSR count). The van der Waals surface area contributed by atoms with Crippen LogP contribution in [-0.4, -0.2) is 46.6 Å². The normalized spacial score (nSPS) is 28.4. The maximum atomic E-state index is 13.4. The zero-order valence-corrected chi connectivity index (χ0v) is 20.1. The average Bonchev–Trinajstić information content (AvgIpc) is 3.14. The zero-order chi connectivity index (χ0) is 26.2. The largest absolute Gasteiger partial charge is 0.508 e. The Kier molecular flexibility index (Phi) is 5.08. The first-order valence-corrected chi connectivity index (χ1v) is 12.0. The molecule has 3 amide bonds. The van der Waals surface area contributed by atoms with Gasteiger partial charge in [-0.2, -0.15) is 4.90 Å². The number of ketones is 2. The Morgan fingerprint density at radius 1 is 1.14 bits per heavy atom. The third-order valence-electron chi connectivity index (χ3n) is 8.07. The smallest absolute Gasteiger partial charge is 0.423 e. The topological polar surface area (TPSA) is 127 Å². The predicted molar refractivity (Wildman–Crippen MR) is 127 cm³/mol. The van der Waals surface area contributed by atoms with Gasteiger partial charge in [0.25, 0.3) is 0 Å². The summed E-state index contributed by atoms with van der Waals surface area (Å²) in [6.45, 7) is 1.58. The molecule has 9 nitrogen and oxygen atoms in total. The molecular weight excluding hydrogens is 478 g/mol. The lowest BCUT2D eigenvalue weighted by molar-refractivity contribution is -0.137. The number of phenolic OH excluding ortho intramolecular Hbond substituents is 1. The van der Waals surface area contributed by atoms with Crippen molar-refractivity contribution in [2.24, 2.45) is 23.7 Å². The van der Waals surface area contributed by atoms with E-state index in [-0.39, 0.29) is 30.2 Å². The van der Waals surface area contributed by atoms with Gasteiger partial charge >= 0.3 is 6.09 Å². The third kappa shape index (κ3) is 3.26. The van der Waals surface area contributed by atoms with Crippen molar-refractivity contribution in [1.29, 1.82) is 0 Å². The van der Waals surface area contributed by atoms with Crippen LogP contribution in [0.5, 0.6) is 11.5 Å². The summed E-state index contributed by atoms with van der Waals surface area (Å²) in [6.07, 6.45) is 4.44. The van der Waals surface area contributed by atoms with Crippen LogP contribution in [0.4, 0.5) is 4.79 Å². The summed E-state index contributed by atoms with van der Waals surface area (Å²) in [4.78, 5) is 65.8. The van der Waals surface area contributed by atoms with Gasteiger partial charge in [0.2, 0.25) is 11.8 Å². The van der Waals surface area contributed by atoms with Gasteiger partial charge in [0.1, 0.15) is 11.5 Å². The lowest BCUT2D eigenvalue weighted by Gasteiger charge is -2.43. The van der Waals surface area contributed by atoms with Crippen LogP contribution in [0.25, 0.3) is 0 Å². The quantitative estimate of drug-likeness (QED) is 0.354. The molecule has 1 aromatic carbocycles. The molecule has 4 atom stereocenters. The monoisotopic (exact) mass is 501 g/mol. The second-order valence-corrected chi connectivity index (χ2v) is 9.99. The number of Topliss-reactive ketones (excluding diaryl/α,β-unsaturated/α-hetero) is 1. The number of phenols is 1. The van der Waals surface area contributed by atoms with Crippen LogP contribution in [-0.2, 0) is 30.3 Å². The molecule has 0 radical (unpaired) electrons. The number of hydrogen-bond donors (Lipinski definition) is 1. The molecule has 188 valence electrons. The van der Waals surface area contributed by atoms with E-state index in [2.05, 4.69) is 4.74 Å². The van der Waals surface area contributed by atoms with Crippen LogP contribution in [0.2, 0.25) is 0 Å². The summed E-state index contributed by atoms with van der Waals surface area (Å²) in [6, 6.07) is 4.77. The molecule has 37 heavy (non-hydrogen) atoms. The van der Waals surface area contributed by atoms with Crippen LogP contribution in [0.3, 0.4) is 0 Å². The van der Waals surface area contributed by atoms with Crippen molar-refractivity contribution >= 4 is 29.5 Å². The van der Waals surface area contributed by atoms with E-state index in [1.807, 2.05) is 6.08 Å². The molecule has 0 unspecified atom stereocenters. The van der Waals surface area contributed by atoms with Gasteiger partial charge in [0.05, 0.1) is 25.2 Å². The molecule has 9 heteroatoms. The van der Waals surface area contributed by atoms with Gasteiger partial charge in [-0.25, -0.2) is 4.79 Å². The minimum Gasteiger partial charge on any atom is -0.508 e. The van der Waals surface area contributed by atoms with Gasteiger partial charge in [-0.05, 0) is 55.5 Å². The Bertz CT molecular complexity index is 1460. The third-order valence-corrected chi connectivity index (χ3v) is 8.07. The van der Waals surface area contributed by atoms with Crippen molar-refractivity contribution < 1.29 is 38.6 Å². The molecule has 3 aliphatic carbocycles. The van der Waals surface area contributed by atoms with E-state index in [4.69, 9.17) is 4.74 Å². The van der Waals surface area contributed by atoms with E-state index >= 15 is 0 Å². The fourth-order valence-electron chi connectivity index (χ4n) is 6.46. The summed E-state index contributed by atoms with van der Waals surface area (Å²) >= 11 is 0. The fraction of sp³-hybridized carbons (Fsp3) is 0.321. The Balaban J connectivity index is 1.48. The molecule has 1 N–H and O–H groups in total. The van der Waals surface area contributed by atoms with E-state index in [1.165, 1.54) is 12.1 Å². The summed E-state index contributed by atoms with van der Waals surface area (Å²) in [5, 5.41) is 10.00. The highest BCUT2D eigenvalue weighted by Crippen LogP contribution is 2.54. The molecular formula is C28H23NO8. The van der Waals surface area contributed by atoms with Crippen molar-refractivity contribution in [2.75, 3.05) is 7.11 Å². The number of aromatic hydroxyl groups is 1. The molecule has 1 fully saturated rings. The fourth-order valence-corrected chi connectivity index (χ4v) is 6.46. The van der Waals surface area contributed by atoms with Gasteiger partial charge in [-0.15, -0.1) is 0 Å². The minimum absolute atomic E-state index is 0.0743. The maximum Gasteiger partial charge on any atom is 0.423 e. The van der Waals surface area contributed by atoms with Crippen LogP contribution in [0.15, 0.2) is 64.5 Å². The maximum absolute atomic E-state index is 13.4. The SMILES string of the molecule is COC(=O)N1C(=O)[C@H]2[C@H](CC=C3[C@H](C4=COc5ccc(O)cc5C4)C4=C(C[C@H]32)C(=O)C(C)=CC4=O)C1=O. The second-order valence-electron chi connectivity index (χ2n) is 9.99. The standard InChI is InChI=1S/C28H23NO8/c1-12-7-20(31)24-19(25(12)32)10-18-16(4-5-17-23(18)27(34)29(26(17)33)28(35)36-2)22(24)14-8-13-9-15(30)3-6-21(13)37-11-14/h3-4,6-7,9,11,17-18,22-23,30H,5,8,10H2,1-2H3/t17-,18+,22-,23-/m0/s1. The van der Waals surface area contributed by atoms with Crippen LogP contribution >= 0.6 is 0 Å². The first-order valence-electron chi connectivity index (χ1n) is 12.0. The number of methoxy groups -OCH3 is 1. The number of hydrogen-bond acceptors (Lipinski definition) is 8. The van der Waals surface area contributed by atoms with Gasteiger partial charge in [0, 0.05) is 34.6 Å². The lowest BCUT2D eigenvalue weighted by atomic mass is 9.58. The number of nitrogens with zero attached hydrogens (tertiary/aromatic N) is 1. The van der Waals surface area contributed by atoms with Gasteiger partial charge in [-0.1, -0.05) is 11.6 Å². The van der Waals surface area contributed by atoms with E-state index < -0.39 is 41.6 Å². The second kappa shape index (κ2) is 8.12. The van der Waals surface area contributed by atoms with Gasteiger partial charge < -0.3 is 14.6 Å². The zero-order valence-electron chi connectivity index (χ0n) is 20.1. The number of likely N-dealkylation sites (tertiary alicyclic amines) is 1. The Morgan fingerprint density at radius 3 is 2.68 bits per heavy atom. The van der Waals surface area contributed by atoms with E-state index in [1.54, 1.807) is 25.3 Å². The number of carbonyl (C=O) groups excluding carboxylic acids is 5. The van der Waals surface area contributed by atoms with Crippen molar-refractivity contribution in [2.45, 2.75) is 26.2 Å². The number of imide groups is 3. The van der Waals surface area contributed by atoms with E-state index in [9.17, 15) is 29.1 Å². The Labute approximate surface area is 211 Å². The van der Waals surface area contributed by atoms with E-state index in [0.29, 0.717) is 39.4 Å². The Hall–Kier alpha value is -4.27. The number of amides is 3. The average molecular weight is 501 g/mol. The number of allylic oxidation sites excluding steroid dienone is 7. The molecule has 0 saturated carbocycles. The highest BCUT2D eigenvalue weighted by Gasteiger charge is 2.58. The lowest BCUT2D eigenvalue weighted by Crippen LogP contribution is -2.41. The molecule has 0 aromatic heterocycles. The number of benzene rings is 1. The molecule has 5 aliphatic rings. The van der Waals surface area contributed by atoms with Crippen LogP contribution in [0.1, 0.15) is 25.3 Å². The molecule has 1 saturated heterocycles. The number of fused-ring (bicyclic) bond motifs is 4. The molecule has 2 aliphatic heterocycles. The van der Waals surface area contributed by atoms with Crippen LogP contribution < -0.4 is 4.74 Å². The first kappa shape index (κ1) is 23.1. The van der Waals surface area contributed by atoms with Gasteiger partial charge in [-0.3, -0.25) is 19.2 Å². The van der Waals surface area contributed by atoms with Gasteiger partial charge in [0.15, 0.2) is 11.6 Å². The molecule has 2 heterocycles. The van der Waals surface area contributed by atoms with E-state index in [0.717, 1.165) is 18.2 Å². The molecule has 0 spiro atoms. The number of carbonyl (C=O) groups is 5. The Morgan fingerprint density at radius 2 is 1.92 bits per heavy atom. The minimum atomic E-state index is -1.03. The van der Waals surface area contributed by atoms with Crippen molar-refractivity contribution in [3.8, 4) is 11.5 Å². The molecule has 0 bridgehead atoms. The molecule has 1 aromatic rings. The predicted octanol–water partition coefficient (Wildman–Crippen LogP) is 2.94. The summed E-state index contributed by atoms with van der Waals surface area (Å²) < 4.78 is 10.5. The van der Waals surface area contributed by atoms with Crippen molar-refractivity contribution in [3.05, 3.63) is 70.0 Å². The van der Waals surface area contributed by atoms with Crippen molar-refractivity contribution in [3.63, 3.8) is 0 Å². The highest BCUT2D eigenvalue weighted by molar-refractivity contribution is 6.23. The summed E-state index contributed by atoms with van der Waals surface area (Å²) in [5.41, 5.74) is 3.20. The number of rotatable bonds is 1. The first-order chi connectivity index (χ1) is 17.7. The van der Waals surface area contributed by atoms with Crippen LogP contribution in [0, 0.1) is 23.7 Å². The summed E-state index contributed by atoms with van der Waals surface area (Å²) in [5.74, 6) is -3.93. The number of ether oxygens (including phenoxy) is 2. The highest BCUT2D eigenvalue weighted by atomic mass is 16.5.